The molecule has 26 heavy (non-hydrogen) atoms. The van der Waals surface area contributed by atoms with Gasteiger partial charge in [0.15, 0.2) is 5.82 Å². The summed E-state index contributed by atoms with van der Waals surface area (Å²) in [5.74, 6) is 1.00. The molecular weight excluding hydrogens is 328 g/mol. The molecule has 0 atom stereocenters. The Morgan fingerprint density at radius 3 is 2.65 bits per heavy atom. The van der Waals surface area contributed by atoms with Crippen molar-refractivity contribution < 1.29 is 4.74 Å². The Bertz CT molecular complexity index is 949. The van der Waals surface area contributed by atoms with Crippen molar-refractivity contribution in [2.24, 2.45) is 5.41 Å². The van der Waals surface area contributed by atoms with Crippen LogP contribution in [0.2, 0.25) is 0 Å². The van der Waals surface area contributed by atoms with Gasteiger partial charge in [-0.25, -0.2) is 4.98 Å². The zero-order chi connectivity index (χ0) is 18.1. The van der Waals surface area contributed by atoms with Gasteiger partial charge in [-0.15, -0.1) is 0 Å². The quantitative estimate of drug-likeness (QED) is 0.779. The van der Waals surface area contributed by atoms with Crippen molar-refractivity contribution in [3.8, 4) is 11.4 Å². The summed E-state index contributed by atoms with van der Waals surface area (Å²) in [7, 11) is 0. The number of benzene rings is 1. The first-order valence-corrected chi connectivity index (χ1v) is 9.16. The normalized spacial score (nSPS) is 17.6. The van der Waals surface area contributed by atoms with Gasteiger partial charge in [-0.3, -0.25) is 9.89 Å². The summed E-state index contributed by atoms with van der Waals surface area (Å²) in [4.78, 5) is 21.3. The number of aromatic nitrogens is 4. The van der Waals surface area contributed by atoms with Crippen molar-refractivity contribution in [1.82, 2.24) is 19.6 Å². The van der Waals surface area contributed by atoms with E-state index >= 15 is 0 Å². The summed E-state index contributed by atoms with van der Waals surface area (Å²) >= 11 is 0. The van der Waals surface area contributed by atoms with E-state index in [1.807, 2.05) is 30.3 Å². The highest BCUT2D eigenvalue weighted by Gasteiger charge is 2.27. The van der Waals surface area contributed by atoms with Crippen molar-refractivity contribution in [3.63, 3.8) is 0 Å². The van der Waals surface area contributed by atoms with Crippen molar-refractivity contribution in [3.05, 3.63) is 52.4 Å². The first-order chi connectivity index (χ1) is 12.5. The fraction of sp³-hybridized carbons (Fsp3) is 0.450. The van der Waals surface area contributed by atoms with Crippen LogP contribution in [0.3, 0.4) is 0 Å². The molecular formula is C20H24N4O2. The predicted octanol–water partition coefficient (Wildman–Crippen LogP) is 3.57. The molecule has 0 unspecified atom stereocenters. The van der Waals surface area contributed by atoms with Gasteiger partial charge in [-0.2, -0.15) is 9.50 Å². The van der Waals surface area contributed by atoms with Gasteiger partial charge in [0.2, 0.25) is 0 Å². The summed E-state index contributed by atoms with van der Waals surface area (Å²) in [5, 5.41) is 3.01. The molecule has 0 saturated heterocycles. The molecule has 0 bridgehead atoms. The molecule has 0 aliphatic heterocycles. The van der Waals surface area contributed by atoms with Crippen molar-refractivity contribution in [1.29, 1.82) is 0 Å². The lowest BCUT2D eigenvalue weighted by Gasteiger charge is -2.34. The molecule has 1 aliphatic rings. The van der Waals surface area contributed by atoms with Crippen LogP contribution < -0.4 is 5.56 Å². The highest BCUT2D eigenvalue weighted by molar-refractivity contribution is 5.56. The van der Waals surface area contributed by atoms with Gasteiger partial charge in [0, 0.05) is 11.6 Å². The van der Waals surface area contributed by atoms with E-state index in [9.17, 15) is 4.79 Å². The average Bonchev–Trinajstić information content (AvgIpc) is 3.06. The van der Waals surface area contributed by atoms with E-state index in [0.717, 1.165) is 18.4 Å². The summed E-state index contributed by atoms with van der Waals surface area (Å²) in [6.45, 7) is 4.97. The van der Waals surface area contributed by atoms with Crippen LogP contribution in [0.5, 0.6) is 0 Å². The van der Waals surface area contributed by atoms with Crippen LogP contribution in [0, 0.1) is 5.41 Å². The number of ether oxygens (including phenoxy) is 1. The Hall–Kier alpha value is -2.47. The third-order valence-corrected chi connectivity index (χ3v) is 5.18. The minimum atomic E-state index is -0.173. The van der Waals surface area contributed by atoms with Crippen LogP contribution in [0.25, 0.3) is 17.2 Å². The number of fused-ring (bicyclic) bond motifs is 1. The van der Waals surface area contributed by atoms with Gasteiger partial charge >= 0.3 is 0 Å². The maximum atomic E-state index is 12.4. The Morgan fingerprint density at radius 1 is 1.19 bits per heavy atom. The molecule has 1 aromatic carbocycles. The number of aromatic amines is 1. The van der Waals surface area contributed by atoms with Crippen LogP contribution in [-0.2, 0) is 11.3 Å². The molecule has 6 nitrogen and oxygen atoms in total. The van der Waals surface area contributed by atoms with Crippen molar-refractivity contribution >= 4 is 5.78 Å². The van der Waals surface area contributed by atoms with Gasteiger partial charge < -0.3 is 4.74 Å². The SMILES string of the molecule is CC1(C)CCC(OCc2cc(=O)n3[nH]c(-c4ccccc4)nc3n2)CC1. The van der Waals surface area contributed by atoms with Crippen LogP contribution in [0.15, 0.2) is 41.2 Å². The largest absolute Gasteiger partial charge is 0.372 e. The van der Waals surface area contributed by atoms with E-state index in [4.69, 9.17) is 4.74 Å². The van der Waals surface area contributed by atoms with Gasteiger partial charge in [0.25, 0.3) is 11.3 Å². The molecule has 0 amide bonds. The molecule has 6 heteroatoms. The minimum absolute atomic E-state index is 0.173. The second kappa shape index (κ2) is 6.68. The Morgan fingerprint density at radius 2 is 1.92 bits per heavy atom. The van der Waals surface area contributed by atoms with Crippen LogP contribution in [0.1, 0.15) is 45.2 Å². The maximum absolute atomic E-state index is 12.4. The Balaban J connectivity index is 1.51. The van der Waals surface area contributed by atoms with Crippen molar-refractivity contribution in [2.75, 3.05) is 0 Å². The molecule has 4 rings (SSSR count). The lowest BCUT2D eigenvalue weighted by Crippen LogP contribution is -2.26. The molecule has 1 aliphatic carbocycles. The Kier molecular flexibility index (Phi) is 4.36. The topological polar surface area (TPSA) is 72.3 Å². The van der Waals surface area contributed by atoms with Gasteiger partial charge in [0.1, 0.15) is 0 Å². The molecule has 136 valence electrons. The second-order valence-electron chi connectivity index (χ2n) is 7.83. The summed E-state index contributed by atoms with van der Waals surface area (Å²) < 4.78 is 7.38. The first-order valence-electron chi connectivity index (χ1n) is 9.16. The molecule has 1 N–H and O–H groups in total. The predicted molar refractivity (Wildman–Crippen MR) is 99.9 cm³/mol. The molecule has 0 spiro atoms. The number of H-pyrrole nitrogens is 1. The van der Waals surface area contributed by atoms with Gasteiger partial charge in [-0.1, -0.05) is 44.2 Å². The zero-order valence-electron chi connectivity index (χ0n) is 15.2. The average molecular weight is 352 g/mol. The van der Waals surface area contributed by atoms with E-state index in [-0.39, 0.29) is 11.7 Å². The van der Waals surface area contributed by atoms with Crippen LogP contribution in [-0.4, -0.2) is 25.7 Å². The molecule has 2 aromatic heterocycles. The van der Waals surface area contributed by atoms with Crippen LogP contribution >= 0.6 is 0 Å². The number of hydrogen-bond acceptors (Lipinski definition) is 4. The van der Waals surface area contributed by atoms with Gasteiger partial charge in [-0.05, 0) is 31.1 Å². The summed E-state index contributed by atoms with van der Waals surface area (Å²) in [6, 6.07) is 11.2. The maximum Gasteiger partial charge on any atom is 0.274 e. The van der Waals surface area contributed by atoms with Crippen molar-refractivity contribution in [2.45, 2.75) is 52.2 Å². The van der Waals surface area contributed by atoms with E-state index in [1.165, 1.54) is 23.4 Å². The molecule has 3 aromatic rings. The number of nitrogens with one attached hydrogen (secondary N) is 1. The van der Waals surface area contributed by atoms with E-state index in [1.54, 1.807) is 0 Å². The second-order valence-corrected chi connectivity index (χ2v) is 7.83. The lowest BCUT2D eigenvalue weighted by molar-refractivity contribution is -0.00688. The third-order valence-electron chi connectivity index (χ3n) is 5.18. The van der Waals surface area contributed by atoms with Gasteiger partial charge in [0.05, 0.1) is 18.4 Å². The lowest BCUT2D eigenvalue weighted by atomic mass is 9.76. The van der Waals surface area contributed by atoms with E-state index < -0.39 is 0 Å². The number of hydrogen-bond donors (Lipinski definition) is 1. The molecule has 1 saturated carbocycles. The molecule has 0 radical (unpaired) electrons. The molecule has 2 heterocycles. The van der Waals surface area contributed by atoms with Crippen LogP contribution in [0.4, 0.5) is 0 Å². The smallest absolute Gasteiger partial charge is 0.274 e. The standard InChI is InChI=1S/C20H24N4O2/c1-20(2)10-8-16(9-11-20)26-13-15-12-17(25)24-19(21-15)22-18(23-24)14-6-4-3-5-7-14/h3-7,12,16H,8-11,13H2,1-2H3,(H,21,22,23). The number of rotatable bonds is 4. The first kappa shape index (κ1) is 17.0. The monoisotopic (exact) mass is 352 g/mol. The van der Waals surface area contributed by atoms with E-state index in [0.29, 0.717) is 29.3 Å². The molecule has 1 fully saturated rings. The highest BCUT2D eigenvalue weighted by Crippen LogP contribution is 2.36. The summed E-state index contributed by atoms with van der Waals surface area (Å²) in [5.41, 5.74) is 1.79. The Labute approximate surface area is 152 Å². The minimum Gasteiger partial charge on any atom is -0.372 e. The summed E-state index contributed by atoms with van der Waals surface area (Å²) in [6.07, 6.45) is 4.73. The highest BCUT2D eigenvalue weighted by atomic mass is 16.5. The zero-order valence-corrected chi connectivity index (χ0v) is 15.2. The van der Waals surface area contributed by atoms with E-state index in [2.05, 4.69) is 28.9 Å². The number of nitrogens with zero attached hydrogens (tertiary/aromatic N) is 3. The fourth-order valence-corrected chi connectivity index (χ4v) is 3.47. The third kappa shape index (κ3) is 3.55. The fourth-order valence-electron chi connectivity index (χ4n) is 3.47.